The van der Waals surface area contributed by atoms with Crippen LogP contribution in [0.4, 0.5) is 0 Å². The summed E-state index contributed by atoms with van der Waals surface area (Å²) < 4.78 is 0. The van der Waals surface area contributed by atoms with E-state index < -0.39 is 0 Å². The van der Waals surface area contributed by atoms with Crippen LogP contribution < -0.4 is 0 Å². The normalized spacial score (nSPS) is 10.8. The van der Waals surface area contributed by atoms with Crippen molar-refractivity contribution < 1.29 is 5.11 Å². The van der Waals surface area contributed by atoms with Crippen LogP contribution in [0.1, 0.15) is 12.5 Å². The summed E-state index contributed by atoms with van der Waals surface area (Å²) in [7, 11) is 0. The van der Waals surface area contributed by atoms with Gasteiger partial charge in [0, 0.05) is 5.56 Å². The molecule has 1 heterocycles. The highest BCUT2D eigenvalue weighted by molar-refractivity contribution is 5.79. The van der Waals surface area contributed by atoms with E-state index in [0.717, 1.165) is 23.0 Å². The number of aromatic hydroxyl groups is 1. The van der Waals surface area contributed by atoms with E-state index in [4.69, 9.17) is 0 Å². The van der Waals surface area contributed by atoms with Gasteiger partial charge in [0.1, 0.15) is 16.8 Å². The lowest BCUT2D eigenvalue weighted by molar-refractivity contribution is 0.470. The molecule has 0 unspecified atom stereocenters. The molecule has 1 aromatic heterocycles. The lowest BCUT2D eigenvalue weighted by Crippen LogP contribution is -1.83. The van der Waals surface area contributed by atoms with E-state index in [2.05, 4.69) is 15.4 Å². The summed E-state index contributed by atoms with van der Waals surface area (Å²) in [6.45, 7) is 1.98. The maximum atomic E-state index is 9.45. The molecule has 0 amide bonds. The van der Waals surface area contributed by atoms with E-state index in [9.17, 15) is 5.11 Å². The van der Waals surface area contributed by atoms with Gasteiger partial charge in [-0.15, -0.1) is 0 Å². The Labute approximate surface area is 69.2 Å². The van der Waals surface area contributed by atoms with Gasteiger partial charge < -0.3 is 5.11 Å². The SMILES string of the molecule is CCc1c(O)ccc2n[nH]nc12. The number of phenols is 1. The van der Waals surface area contributed by atoms with Crippen LogP contribution in [-0.4, -0.2) is 20.5 Å². The van der Waals surface area contributed by atoms with Gasteiger partial charge in [-0.1, -0.05) is 6.92 Å². The minimum absolute atomic E-state index is 0.291. The molecule has 0 aliphatic rings. The highest BCUT2D eigenvalue weighted by atomic mass is 16.3. The first kappa shape index (κ1) is 7.09. The predicted octanol–water partition coefficient (Wildman–Crippen LogP) is 1.23. The van der Waals surface area contributed by atoms with Gasteiger partial charge in [0.25, 0.3) is 0 Å². The molecule has 0 saturated heterocycles. The van der Waals surface area contributed by atoms with Crippen molar-refractivity contribution in [1.29, 1.82) is 0 Å². The number of phenolic OH excluding ortho intramolecular Hbond substituents is 1. The van der Waals surface area contributed by atoms with Gasteiger partial charge >= 0.3 is 0 Å². The van der Waals surface area contributed by atoms with E-state index in [-0.39, 0.29) is 0 Å². The quantitative estimate of drug-likeness (QED) is 0.664. The lowest BCUT2D eigenvalue weighted by atomic mass is 10.1. The molecule has 4 heteroatoms. The second kappa shape index (κ2) is 2.48. The highest BCUT2D eigenvalue weighted by Crippen LogP contribution is 2.24. The average Bonchev–Trinajstić information content (AvgIpc) is 2.52. The standard InChI is InChI=1S/C8H9N3O/c1-2-5-7(12)4-3-6-8(5)10-11-9-6/h3-4,12H,2H2,1H3,(H,9,10,11). The predicted molar refractivity (Wildman–Crippen MR) is 44.9 cm³/mol. The van der Waals surface area contributed by atoms with E-state index in [1.165, 1.54) is 0 Å². The van der Waals surface area contributed by atoms with E-state index in [0.29, 0.717) is 5.75 Å². The number of benzene rings is 1. The molecule has 0 saturated carbocycles. The molecule has 0 bridgehead atoms. The topological polar surface area (TPSA) is 61.8 Å². The Morgan fingerprint density at radius 2 is 2.25 bits per heavy atom. The molecule has 1 aromatic carbocycles. The number of hydrogen-bond donors (Lipinski definition) is 2. The fourth-order valence-electron chi connectivity index (χ4n) is 1.31. The van der Waals surface area contributed by atoms with Gasteiger partial charge in [-0.2, -0.15) is 15.4 Å². The van der Waals surface area contributed by atoms with E-state index in [1.54, 1.807) is 12.1 Å². The van der Waals surface area contributed by atoms with Gasteiger partial charge in [-0.25, -0.2) is 0 Å². The number of fused-ring (bicyclic) bond motifs is 1. The number of hydrogen-bond acceptors (Lipinski definition) is 3. The second-order valence-electron chi connectivity index (χ2n) is 2.61. The van der Waals surface area contributed by atoms with Crippen LogP contribution in [0.15, 0.2) is 12.1 Å². The maximum absolute atomic E-state index is 9.45. The van der Waals surface area contributed by atoms with Crippen LogP contribution >= 0.6 is 0 Å². The monoisotopic (exact) mass is 163 g/mol. The van der Waals surface area contributed by atoms with Gasteiger partial charge in [-0.05, 0) is 18.6 Å². The van der Waals surface area contributed by atoms with Gasteiger partial charge in [0.15, 0.2) is 0 Å². The van der Waals surface area contributed by atoms with Crippen molar-refractivity contribution in [3.8, 4) is 5.75 Å². The molecule has 0 fully saturated rings. The molecule has 62 valence electrons. The van der Waals surface area contributed by atoms with Gasteiger partial charge in [0.2, 0.25) is 0 Å². The van der Waals surface area contributed by atoms with Crippen LogP contribution in [0.3, 0.4) is 0 Å². The van der Waals surface area contributed by atoms with Crippen molar-refractivity contribution in [1.82, 2.24) is 15.4 Å². The molecule has 0 aliphatic heterocycles. The molecule has 0 atom stereocenters. The number of nitrogens with one attached hydrogen (secondary N) is 1. The van der Waals surface area contributed by atoms with Crippen LogP contribution in [0.2, 0.25) is 0 Å². The largest absolute Gasteiger partial charge is 0.508 e. The summed E-state index contributed by atoms with van der Waals surface area (Å²) in [6, 6.07) is 3.39. The molecule has 2 N–H and O–H groups in total. The number of aryl methyl sites for hydroxylation is 1. The van der Waals surface area contributed by atoms with Crippen LogP contribution in [0.25, 0.3) is 11.0 Å². The van der Waals surface area contributed by atoms with Gasteiger partial charge in [0.05, 0.1) is 0 Å². The fourth-order valence-corrected chi connectivity index (χ4v) is 1.31. The third-order valence-electron chi connectivity index (χ3n) is 1.92. The fraction of sp³-hybridized carbons (Fsp3) is 0.250. The average molecular weight is 163 g/mol. The lowest BCUT2D eigenvalue weighted by Gasteiger charge is -1.99. The Balaban J connectivity index is 2.83. The van der Waals surface area contributed by atoms with Crippen molar-refractivity contribution in [3.63, 3.8) is 0 Å². The zero-order valence-corrected chi connectivity index (χ0v) is 6.70. The number of rotatable bonds is 1. The van der Waals surface area contributed by atoms with Crippen LogP contribution in [-0.2, 0) is 6.42 Å². The summed E-state index contributed by atoms with van der Waals surface area (Å²) in [5.41, 5.74) is 2.41. The molecule has 4 nitrogen and oxygen atoms in total. The molecule has 0 radical (unpaired) electrons. The third kappa shape index (κ3) is 0.845. The van der Waals surface area contributed by atoms with Crippen LogP contribution in [0.5, 0.6) is 5.75 Å². The van der Waals surface area contributed by atoms with Crippen molar-refractivity contribution in [2.75, 3.05) is 0 Å². The first-order valence-corrected chi connectivity index (χ1v) is 3.84. The molecular weight excluding hydrogens is 154 g/mol. The summed E-state index contributed by atoms with van der Waals surface area (Å²) in [5.74, 6) is 0.291. The molecular formula is C8H9N3O. The molecule has 0 spiro atoms. The Hall–Kier alpha value is -1.58. The van der Waals surface area contributed by atoms with Crippen molar-refractivity contribution in [3.05, 3.63) is 17.7 Å². The number of H-pyrrole nitrogens is 1. The minimum Gasteiger partial charge on any atom is -0.508 e. The third-order valence-corrected chi connectivity index (χ3v) is 1.92. The first-order chi connectivity index (χ1) is 5.83. The van der Waals surface area contributed by atoms with E-state index >= 15 is 0 Å². The number of nitrogens with zero attached hydrogens (tertiary/aromatic N) is 2. The number of aromatic amines is 1. The molecule has 0 aliphatic carbocycles. The Morgan fingerprint density at radius 1 is 1.42 bits per heavy atom. The maximum Gasteiger partial charge on any atom is 0.121 e. The van der Waals surface area contributed by atoms with Crippen LogP contribution in [0, 0.1) is 0 Å². The molecule has 2 aromatic rings. The van der Waals surface area contributed by atoms with Crippen molar-refractivity contribution >= 4 is 11.0 Å². The first-order valence-electron chi connectivity index (χ1n) is 3.84. The summed E-state index contributed by atoms with van der Waals surface area (Å²) >= 11 is 0. The smallest absolute Gasteiger partial charge is 0.121 e. The Morgan fingerprint density at radius 3 is 3.00 bits per heavy atom. The molecule has 2 rings (SSSR count). The number of aromatic nitrogens is 3. The minimum atomic E-state index is 0.291. The summed E-state index contributed by atoms with van der Waals surface area (Å²) in [4.78, 5) is 0. The zero-order chi connectivity index (χ0) is 8.55. The van der Waals surface area contributed by atoms with Crippen molar-refractivity contribution in [2.45, 2.75) is 13.3 Å². The summed E-state index contributed by atoms with van der Waals surface area (Å²) in [5, 5.41) is 19.8. The Bertz CT molecular complexity index is 408. The zero-order valence-electron chi connectivity index (χ0n) is 6.70. The Kier molecular flexibility index (Phi) is 1.46. The summed E-state index contributed by atoms with van der Waals surface area (Å²) in [6.07, 6.45) is 0.760. The highest BCUT2D eigenvalue weighted by Gasteiger charge is 2.07. The van der Waals surface area contributed by atoms with E-state index in [1.807, 2.05) is 6.92 Å². The van der Waals surface area contributed by atoms with Gasteiger partial charge in [-0.3, -0.25) is 0 Å². The van der Waals surface area contributed by atoms with Crippen molar-refractivity contribution in [2.24, 2.45) is 0 Å². The second-order valence-corrected chi connectivity index (χ2v) is 2.61. The molecule has 12 heavy (non-hydrogen) atoms.